The van der Waals surface area contributed by atoms with Crippen LogP contribution in [0.5, 0.6) is 11.5 Å². The van der Waals surface area contributed by atoms with E-state index >= 15 is 0 Å². The lowest BCUT2D eigenvalue weighted by atomic mass is 9.93. The van der Waals surface area contributed by atoms with Gasteiger partial charge in [-0.15, -0.1) is 24.8 Å². The van der Waals surface area contributed by atoms with Crippen LogP contribution in [0, 0.1) is 24.1 Å². The second-order valence-electron chi connectivity index (χ2n) is 9.16. The van der Waals surface area contributed by atoms with Gasteiger partial charge in [0.2, 0.25) is 0 Å². The average Bonchev–Trinajstić information content (AvgIpc) is 3.27. The molecule has 200 valence electrons. The monoisotopic (exact) mass is 557 g/mol. The van der Waals surface area contributed by atoms with E-state index in [0.29, 0.717) is 23.2 Å². The molecule has 0 saturated carbocycles. The number of aromatic amines is 1. The van der Waals surface area contributed by atoms with Gasteiger partial charge in [-0.2, -0.15) is 10.4 Å². The molecule has 1 fully saturated rings. The lowest BCUT2D eigenvalue weighted by molar-refractivity contribution is 0.205. The van der Waals surface area contributed by atoms with Crippen molar-refractivity contribution in [2.24, 2.45) is 0 Å². The summed E-state index contributed by atoms with van der Waals surface area (Å²) >= 11 is 0. The van der Waals surface area contributed by atoms with Crippen molar-refractivity contribution >= 4 is 35.8 Å². The van der Waals surface area contributed by atoms with Crippen LogP contribution < -0.4 is 4.74 Å². The summed E-state index contributed by atoms with van der Waals surface area (Å²) in [6.07, 6.45) is 4.88. The van der Waals surface area contributed by atoms with Crippen molar-refractivity contribution in [1.82, 2.24) is 20.1 Å². The molecule has 1 saturated heterocycles. The maximum absolute atomic E-state index is 14.8. The van der Waals surface area contributed by atoms with Gasteiger partial charge in [0.15, 0.2) is 5.65 Å². The van der Waals surface area contributed by atoms with Crippen LogP contribution in [0.25, 0.3) is 33.4 Å². The largest absolute Gasteiger partial charge is 0.508 e. The third-order valence-corrected chi connectivity index (χ3v) is 6.68. The van der Waals surface area contributed by atoms with E-state index in [1.165, 1.54) is 44.5 Å². The van der Waals surface area contributed by atoms with E-state index in [-0.39, 0.29) is 47.4 Å². The van der Waals surface area contributed by atoms with Gasteiger partial charge in [0.1, 0.15) is 23.4 Å². The molecule has 2 aromatic carbocycles. The number of piperidine rings is 1. The number of aromatic nitrogens is 3. The van der Waals surface area contributed by atoms with E-state index < -0.39 is 5.82 Å². The summed E-state index contributed by atoms with van der Waals surface area (Å²) < 4.78 is 20.7. The van der Waals surface area contributed by atoms with E-state index in [9.17, 15) is 14.8 Å². The van der Waals surface area contributed by atoms with Crippen LogP contribution >= 0.6 is 24.8 Å². The van der Waals surface area contributed by atoms with Gasteiger partial charge in [-0.25, -0.2) is 9.37 Å². The van der Waals surface area contributed by atoms with Crippen LogP contribution in [0.3, 0.4) is 0 Å². The van der Waals surface area contributed by atoms with Gasteiger partial charge in [0.05, 0.1) is 23.3 Å². The Balaban J connectivity index is 0.00000200. The van der Waals surface area contributed by atoms with Crippen molar-refractivity contribution in [2.75, 3.05) is 26.2 Å². The third kappa shape index (κ3) is 6.02. The number of hydrogen-bond acceptors (Lipinski definition) is 6. The van der Waals surface area contributed by atoms with E-state index in [0.717, 1.165) is 36.0 Å². The number of hydrogen-bond donors (Lipinski definition) is 2. The van der Waals surface area contributed by atoms with Gasteiger partial charge in [-0.05, 0) is 69.1 Å². The number of benzene rings is 2. The minimum Gasteiger partial charge on any atom is -0.508 e. The van der Waals surface area contributed by atoms with Gasteiger partial charge < -0.3 is 14.7 Å². The number of aryl methyl sites for hydroxylation is 1. The van der Waals surface area contributed by atoms with Gasteiger partial charge in [0, 0.05) is 29.4 Å². The average molecular weight is 558 g/mol. The Morgan fingerprint density at radius 1 is 1.11 bits per heavy atom. The fourth-order valence-corrected chi connectivity index (χ4v) is 4.87. The number of H-pyrrole nitrogens is 1. The zero-order valence-electron chi connectivity index (χ0n) is 21.0. The molecule has 38 heavy (non-hydrogen) atoms. The van der Waals surface area contributed by atoms with E-state index in [1.54, 1.807) is 0 Å². The number of ether oxygens (including phenoxy) is 1. The fraction of sp³-hybridized carbons (Fsp3) is 0.321. The predicted molar refractivity (Wildman–Crippen MR) is 151 cm³/mol. The number of phenolic OH excluding ortho intramolecular Hbond substituents is 1. The summed E-state index contributed by atoms with van der Waals surface area (Å²) in [4.78, 5) is 7.00. The molecule has 3 heterocycles. The Morgan fingerprint density at radius 3 is 2.53 bits per heavy atom. The van der Waals surface area contributed by atoms with Gasteiger partial charge in [0.25, 0.3) is 0 Å². The molecule has 0 spiro atoms. The first-order valence-electron chi connectivity index (χ1n) is 12.3. The first-order valence-corrected chi connectivity index (χ1v) is 12.3. The number of pyridine rings is 1. The topological polar surface area (TPSA) is 98.1 Å². The predicted octanol–water partition coefficient (Wildman–Crippen LogP) is 6.42. The summed E-state index contributed by atoms with van der Waals surface area (Å²) in [6.45, 7) is 5.92. The Bertz CT molecular complexity index is 1430. The molecule has 0 radical (unpaired) electrons. The van der Waals surface area contributed by atoms with Crippen molar-refractivity contribution in [3.8, 4) is 40.0 Å². The normalized spacial score (nSPS) is 13.4. The minimum absolute atomic E-state index is 0. The van der Waals surface area contributed by atoms with E-state index in [1.807, 2.05) is 31.2 Å². The molecule has 2 N–H and O–H groups in total. The zero-order chi connectivity index (χ0) is 25.1. The van der Waals surface area contributed by atoms with Crippen molar-refractivity contribution in [1.29, 1.82) is 5.26 Å². The SMILES string of the molecule is Cc1[nH]nc2nc(-c3ccc(O)cc3F)c(C#N)c(-c3ccc(OCCCN4CCCCC4)cc3)c12.Cl.Cl. The number of nitrogens with one attached hydrogen (secondary N) is 1. The van der Waals surface area contributed by atoms with Gasteiger partial charge in [-0.3, -0.25) is 5.10 Å². The molecule has 2 aromatic heterocycles. The van der Waals surface area contributed by atoms with Crippen LogP contribution in [0.2, 0.25) is 0 Å². The highest BCUT2D eigenvalue weighted by Crippen LogP contribution is 2.39. The molecule has 0 atom stereocenters. The highest BCUT2D eigenvalue weighted by Gasteiger charge is 2.23. The number of nitriles is 1. The molecule has 1 aliphatic rings. The summed E-state index contributed by atoms with van der Waals surface area (Å²) in [7, 11) is 0. The van der Waals surface area contributed by atoms with Gasteiger partial charge >= 0.3 is 0 Å². The number of phenols is 1. The number of aromatic hydroxyl groups is 1. The number of nitrogens with zero attached hydrogens (tertiary/aromatic N) is 4. The second kappa shape index (κ2) is 12.9. The minimum atomic E-state index is -0.662. The fourth-order valence-electron chi connectivity index (χ4n) is 4.87. The van der Waals surface area contributed by atoms with Crippen molar-refractivity contribution in [3.63, 3.8) is 0 Å². The highest BCUT2D eigenvalue weighted by molar-refractivity contribution is 6.00. The molecule has 5 rings (SSSR count). The number of fused-ring (bicyclic) bond motifs is 1. The molecule has 10 heteroatoms. The Hall–Kier alpha value is -3.38. The molecular weight excluding hydrogens is 528 g/mol. The molecule has 0 amide bonds. The van der Waals surface area contributed by atoms with Crippen LogP contribution in [0.1, 0.15) is 36.9 Å². The van der Waals surface area contributed by atoms with E-state index in [2.05, 4.69) is 26.2 Å². The summed E-state index contributed by atoms with van der Waals surface area (Å²) in [5, 5.41) is 27.7. The van der Waals surface area contributed by atoms with Crippen LogP contribution in [0.4, 0.5) is 4.39 Å². The number of rotatable bonds is 7. The Morgan fingerprint density at radius 2 is 1.84 bits per heavy atom. The van der Waals surface area contributed by atoms with Crippen LogP contribution in [-0.4, -0.2) is 51.4 Å². The zero-order valence-corrected chi connectivity index (χ0v) is 22.7. The third-order valence-electron chi connectivity index (χ3n) is 6.68. The maximum atomic E-state index is 14.8. The van der Waals surface area contributed by atoms with Crippen molar-refractivity contribution in [2.45, 2.75) is 32.6 Å². The standard InChI is InChI=1S/C28H28FN5O2.2ClH/c1-18-25-26(19-6-9-21(10-7-19)36-15-5-14-34-12-3-2-4-13-34)23(17-30)27(31-28(25)33-32-18)22-11-8-20(35)16-24(22)29;;/h6-11,16,35H,2-5,12-15H2,1H3,(H,31,32,33);2*1H. The maximum Gasteiger partial charge on any atom is 0.182 e. The molecule has 0 unspecified atom stereocenters. The van der Waals surface area contributed by atoms with Gasteiger partial charge in [-0.1, -0.05) is 18.6 Å². The second-order valence-corrected chi connectivity index (χ2v) is 9.16. The molecular formula is C28H30Cl2FN5O2. The summed E-state index contributed by atoms with van der Waals surface area (Å²) in [5.74, 6) is -0.0991. The first kappa shape index (κ1) is 29.2. The molecule has 7 nitrogen and oxygen atoms in total. The lowest BCUT2D eigenvalue weighted by Gasteiger charge is -2.26. The quantitative estimate of drug-likeness (QED) is 0.254. The Kier molecular flexibility index (Phi) is 9.92. The first-order chi connectivity index (χ1) is 17.5. The number of halogens is 3. The van der Waals surface area contributed by atoms with Crippen molar-refractivity contribution < 1.29 is 14.2 Å². The highest BCUT2D eigenvalue weighted by atomic mass is 35.5. The molecule has 1 aliphatic heterocycles. The summed E-state index contributed by atoms with van der Waals surface area (Å²) in [5.41, 5.74) is 3.12. The van der Waals surface area contributed by atoms with Crippen molar-refractivity contribution in [3.05, 3.63) is 59.5 Å². The summed E-state index contributed by atoms with van der Waals surface area (Å²) in [6, 6.07) is 13.6. The van der Waals surface area contributed by atoms with Crippen LogP contribution in [-0.2, 0) is 0 Å². The van der Waals surface area contributed by atoms with E-state index in [4.69, 9.17) is 4.74 Å². The van der Waals surface area contributed by atoms with Crippen LogP contribution in [0.15, 0.2) is 42.5 Å². The Labute approximate surface area is 233 Å². The molecule has 0 aliphatic carbocycles. The molecule has 4 aromatic rings. The number of likely N-dealkylation sites (tertiary alicyclic amines) is 1. The lowest BCUT2D eigenvalue weighted by Crippen LogP contribution is -2.31. The molecule has 0 bridgehead atoms. The smallest absolute Gasteiger partial charge is 0.182 e.